The van der Waals surface area contributed by atoms with E-state index in [1.165, 1.54) is 22.3 Å². The van der Waals surface area contributed by atoms with Crippen molar-refractivity contribution < 1.29 is 9.15 Å². The van der Waals surface area contributed by atoms with Crippen LogP contribution in [0.25, 0.3) is 55.8 Å². The van der Waals surface area contributed by atoms with Crippen molar-refractivity contribution in [1.29, 1.82) is 0 Å². The molecule has 1 spiro atoms. The lowest BCUT2D eigenvalue weighted by molar-refractivity contribution is 0.425. The van der Waals surface area contributed by atoms with Crippen molar-refractivity contribution in [1.82, 2.24) is 9.97 Å². The van der Waals surface area contributed by atoms with E-state index in [1.54, 1.807) is 0 Å². The predicted molar refractivity (Wildman–Crippen MR) is 216 cm³/mol. The van der Waals surface area contributed by atoms with Gasteiger partial charge in [-0.25, -0.2) is 9.97 Å². The van der Waals surface area contributed by atoms with Crippen LogP contribution in [0, 0.1) is 0 Å². The topological polar surface area (TPSA) is 48.2 Å². The van der Waals surface area contributed by atoms with Crippen molar-refractivity contribution >= 4 is 21.9 Å². The molecule has 0 saturated heterocycles. The molecule has 7 aromatic carbocycles. The van der Waals surface area contributed by atoms with Crippen molar-refractivity contribution in [2.45, 2.75) is 24.7 Å². The molecule has 4 nitrogen and oxygen atoms in total. The second-order valence-corrected chi connectivity index (χ2v) is 14.9. The van der Waals surface area contributed by atoms with Crippen molar-refractivity contribution in [2.75, 3.05) is 0 Å². The van der Waals surface area contributed by atoms with E-state index in [4.69, 9.17) is 19.1 Å². The van der Waals surface area contributed by atoms with E-state index in [0.29, 0.717) is 5.82 Å². The monoisotopic (exact) mass is 694 g/mol. The summed E-state index contributed by atoms with van der Waals surface area (Å²) in [5.74, 6) is 2.40. The lowest BCUT2D eigenvalue weighted by atomic mass is 9.53. The maximum absolute atomic E-state index is 6.65. The highest BCUT2D eigenvalue weighted by atomic mass is 16.5. The lowest BCUT2D eigenvalue weighted by Gasteiger charge is -2.50. The maximum Gasteiger partial charge on any atom is 0.160 e. The second-order valence-electron chi connectivity index (χ2n) is 14.9. The van der Waals surface area contributed by atoms with E-state index in [0.717, 1.165) is 72.6 Å². The molecule has 2 aliphatic rings. The quantitative estimate of drug-likeness (QED) is 0.185. The minimum Gasteiger partial charge on any atom is -0.457 e. The molecule has 1 aliphatic heterocycles. The Kier molecular flexibility index (Phi) is 6.48. The summed E-state index contributed by atoms with van der Waals surface area (Å²) in [7, 11) is 0. The number of para-hydroxylation sites is 3. The summed E-state index contributed by atoms with van der Waals surface area (Å²) in [5, 5.41) is 2.18. The van der Waals surface area contributed by atoms with Crippen molar-refractivity contribution in [3.05, 3.63) is 203 Å². The van der Waals surface area contributed by atoms with Crippen LogP contribution in [0.4, 0.5) is 0 Å². The van der Waals surface area contributed by atoms with E-state index in [-0.39, 0.29) is 5.41 Å². The molecule has 0 N–H and O–H groups in total. The molecule has 0 fully saturated rings. The van der Waals surface area contributed by atoms with Crippen LogP contribution in [0.2, 0.25) is 0 Å². The molecule has 256 valence electrons. The Morgan fingerprint density at radius 1 is 0.444 bits per heavy atom. The normalized spacial score (nSPS) is 14.6. The Bertz CT molecular complexity index is 2910. The minimum absolute atomic E-state index is 0.374. The van der Waals surface area contributed by atoms with Crippen LogP contribution in [0.15, 0.2) is 174 Å². The number of aromatic nitrogens is 2. The molecule has 1 aliphatic carbocycles. The Hall–Kier alpha value is -6.78. The van der Waals surface area contributed by atoms with Crippen molar-refractivity contribution in [3.8, 4) is 45.4 Å². The third-order valence-corrected chi connectivity index (χ3v) is 11.6. The molecule has 0 saturated carbocycles. The van der Waals surface area contributed by atoms with Gasteiger partial charge in [0.05, 0.1) is 16.8 Å². The van der Waals surface area contributed by atoms with Gasteiger partial charge in [0.25, 0.3) is 0 Å². The minimum atomic E-state index is -0.618. The van der Waals surface area contributed by atoms with Crippen LogP contribution in [0.5, 0.6) is 11.5 Å². The van der Waals surface area contributed by atoms with Gasteiger partial charge in [-0.2, -0.15) is 0 Å². The van der Waals surface area contributed by atoms with Gasteiger partial charge in [-0.15, -0.1) is 0 Å². The van der Waals surface area contributed by atoms with Gasteiger partial charge < -0.3 is 9.15 Å². The Morgan fingerprint density at radius 2 is 1.06 bits per heavy atom. The van der Waals surface area contributed by atoms with Crippen molar-refractivity contribution in [3.63, 3.8) is 0 Å². The number of rotatable bonds is 3. The SMILES string of the molecule is CC1(C)c2ccccc2C2(c3ccccc3Oc3ccccc32)c2cccc(-c3cc(-c4ccccc4)nc(-c4ccc5c(c4)oc4ccccc45)n3)c21. The first-order valence-electron chi connectivity index (χ1n) is 18.5. The van der Waals surface area contributed by atoms with Gasteiger partial charge in [-0.3, -0.25) is 0 Å². The summed E-state index contributed by atoms with van der Waals surface area (Å²) in [6, 6.07) is 59.8. The maximum atomic E-state index is 6.65. The van der Waals surface area contributed by atoms with E-state index in [9.17, 15) is 0 Å². The Balaban J connectivity index is 1.21. The molecular formula is C50H34N2O2. The number of ether oxygens (including phenoxy) is 1. The number of hydrogen-bond donors (Lipinski definition) is 0. The molecule has 3 heterocycles. The molecule has 2 aromatic heterocycles. The third kappa shape index (κ3) is 4.25. The van der Waals surface area contributed by atoms with E-state index >= 15 is 0 Å². The average Bonchev–Trinajstić information content (AvgIpc) is 3.60. The van der Waals surface area contributed by atoms with Crippen LogP contribution >= 0.6 is 0 Å². The molecule has 0 atom stereocenters. The van der Waals surface area contributed by atoms with E-state index in [1.807, 2.05) is 24.3 Å². The second kappa shape index (κ2) is 11.4. The first-order valence-corrected chi connectivity index (χ1v) is 18.5. The van der Waals surface area contributed by atoms with Crippen LogP contribution in [0.3, 0.4) is 0 Å². The van der Waals surface area contributed by atoms with Gasteiger partial charge in [-0.05, 0) is 58.7 Å². The molecule has 0 bridgehead atoms. The van der Waals surface area contributed by atoms with Crippen LogP contribution in [0.1, 0.15) is 47.2 Å². The molecule has 0 amide bonds. The molecule has 4 heteroatoms. The summed E-state index contributed by atoms with van der Waals surface area (Å²) in [6.07, 6.45) is 0. The molecule has 9 aromatic rings. The zero-order chi connectivity index (χ0) is 36.0. The fourth-order valence-electron chi connectivity index (χ4n) is 9.30. The summed E-state index contributed by atoms with van der Waals surface area (Å²) in [5.41, 5.74) is 12.8. The standard InChI is InChI=1S/C50H34N2O2/c1-49(2)36-19-7-8-20-37(36)50(38-21-9-12-25-44(38)54-45-26-13-10-22-39(45)50)40-23-14-18-35(47(40)49)42-30-41(31-15-4-3-5-16-31)51-48(52-42)32-27-28-34-33-17-6-11-24-43(33)53-46(34)29-32/h3-30H,1-2H3. The molecule has 54 heavy (non-hydrogen) atoms. The number of furan rings is 1. The first-order chi connectivity index (χ1) is 26.5. The van der Waals surface area contributed by atoms with Crippen LogP contribution in [-0.2, 0) is 10.8 Å². The largest absolute Gasteiger partial charge is 0.457 e. The lowest BCUT2D eigenvalue weighted by Crippen LogP contribution is -2.43. The summed E-state index contributed by atoms with van der Waals surface area (Å²) in [6.45, 7) is 4.71. The van der Waals surface area contributed by atoms with Gasteiger partial charge in [0.15, 0.2) is 5.82 Å². The van der Waals surface area contributed by atoms with Gasteiger partial charge in [0.1, 0.15) is 22.7 Å². The number of benzene rings is 7. The highest BCUT2D eigenvalue weighted by molar-refractivity contribution is 6.05. The number of fused-ring (bicyclic) bond motifs is 11. The average molecular weight is 695 g/mol. The van der Waals surface area contributed by atoms with Crippen LogP contribution < -0.4 is 4.74 Å². The first kappa shape index (κ1) is 30.8. The number of nitrogens with zero attached hydrogens (tertiary/aromatic N) is 2. The third-order valence-electron chi connectivity index (χ3n) is 11.6. The van der Waals surface area contributed by atoms with Gasteiger partial charge in [0, 0.05) is 44.0 Å². The highest BCUT2D eigenvalue weighted by Crippen LogP contribution is 2.62. The molecule has 0 radical (unpaired) electrons. The summed E-state index contributed by atoms with van der Waals surface area (Å²) >= 11 is 0. The van der Waals surface area contributed by atoms with Crippen molar-refractivity contribution in [2.24, 2.45) is 0 Å². The van der Waals surface area contributed by atoms with Gasteiger partial charge in [-0.1, -0.05) is 147 Å². The molecule has 11 rings (SSSR count). The summed E-state index contributed by atoms with van der Waals surface area (Å²) < 4.78 is 13.0. The molecule has 0 unspecified atom stereocenters. The molecular weight excluding hydrogens is 661 g/mol. The smallest absolute Gasteiger partial charge is 0.160 e. The fraction of sp³-hybridized carbons (Fsp3) is 0.0800. The zero-order valence-electron chi connectivity index (χ0n) is 29.9. The number of hydrogen-bond acceptors (Lipinski definition) is 4. The van der Waals surface area contributed by atoms with Crippen LogP contribution in [-0.4, -0.2) is 9.97 Å². The highest BCUT2D eigenvalue weighted by Gasteiger charge is 2.53. The predicted octanol–water partition coefficient (Wildman–Crippen LogP) is 12.5. The Labute approximate surface area is 313 Å². The fourth-order valence-corrected chi connectivity index (χ4v) is 9.30. The Morgan fingerprint density at radius 3 is 1.83 bits per heavy atom. The van der Waals surface area contributed by atoms with Gasteiger partial charge >= 0.3 is 0 Å². The van der Waals surface area contributed by atoms with E-state index < -0.39 is 5.41 Å². The van der Waals surface area contributed by atoms with E-state index in [2.05, 4.69) is 159 Å². The zero-order valence-corrected chi connectivity index (χ0v) is 29.9. The van der Waals surface area contributed by atoms with Gasteiger partial charge in [0.2, 0.25) is 0 Å². The summed E-state index contributed by atoms with van der Waals surface area (Å²) in [4.78, 5) is 10.7.